The van der Waals surface area contributed by atoms with Crippen molar-refractivity contribution in [1.29, 1.82) is 0 Å². The smallest absolute Gasteiger partial charge is 0.251 e. The van der Waals surface area contributed by atoms with Gasteiger partial charge < -0.3 is 15.0 Å². The summed E-state index contributed by atoms with van der Waals surface area (Å²) in [5.41, 5.74) is 0. The second-order valence-electron chi connectivity index (χ2n) is 4.45. The van der Waals surface area contributed by atoms with Crippen molar-refractivity contribution in [3.63, 3.8) is 0 Å². The highest BCUT2D eigenvalue weighted by molar-refractivity contribution is 5.81. The Balaban J connectivity index is 1.87. The van der Waals surface area contributed by atoms with E-state index in [1.165, 1.54) is 0 Å². The number of hydrogen-bond donors (Lipinski definition) is 1. The zero-order valence-corrected chi connectivity index (χ0v) is 9.37. The molecule has 0 aromatic heterocycles. The van der Waals surface area contributed by atoms with Crippen molar-refractivity contribution in [1.82, 2.24) is 10.2 Å². The molecule has 4 nitrogen and oxygen atoms in total. The van der Waals surface area contributed by atoms with Gasteiger partial charge in [0.25, 0.3) is 5.91 Å². The lowest BCUT2D eigenvalue weighted by atomic mass is 10.1. The van der Waals surface area contributed by atoms with Crippen LogP contribution in [0.15, 0.2) is 0 Å². The van der Waals surface area contributed by atoms with E-state index in [1.807, 2.05) is 11.9 Å². The molecule has 0 saturated carbocycles. The molecule has 2 atom stereocenters. The van der Waals surface area contributed by atoms with Gasteiger partial charge in [-0.25, -0.2) is 0 Å². The van der Waals surface area contributed by atoms with Crippen molar-refractivity contribution in [2.75, 3.05) is 26.7 Å². The molecule has 0 aromatic carbocycles. The number of rotatable bonds is 2. The predicted molar refractivity (Wildman–Crippen MR) is 57.6 cm³/mol. The molecule has 0 spiro atoms. The first-order valence-corrected chi connectivity index (χ1v) is 5.88. The van der Waals surface area contributed by atoms with Gasteiger partial charge in [0.1, 0.15) is 6.10 Å². The SMILES string of the molecule is CN(C(=O)C1CCCCO1)C1CCNC1. The van der Waals surface area contributed by atoms with Crippen molar-refractivity contribution in [3.8, 4) is 0 Å². The van der Waals surface area contributed by atoms with Gasteiger partial charge in [0.2, 0.25) is 0 Å². The van der Waals surface area contributed by atoms with E-state index in [0.29, 0.717) is 6.04 Å². The lowest BCUT2D eigenvalue weighted by molar-refractivity contribution is -0.146. The van der Waals surface area contributed by atoms with Crippen LogP contribution >= 0.6 is 0 Å². The molecule has 2 aliphatic rings. The van der Waals surface area contributed by atoms with Gasteiger partial charge in [-0.05, 0) is 32.2 Å². The van der Waals surface area contributed by atoms with E-state index in [4.69, 9.17) is 4.74 Å². The highest BCUT2D eigenvalue weighted by atomic mass is 16.5. The number of ether oxygens (including phenoxy) is 1. The largest absolute Gasteiger partial charge is 0.368 e. The molecule has 0 radical (unpaired) electrons. The monoisotopic (exact) mass is 212 g/mol. The van der Waals surface area contributed by atoms with Crippen LogP contribution in [0.4, 0.5) is 0 Å². The van der Waals surface area contributed by atoms with E-state index in [2.05, 4.69) is 5.32 Å². The van der Waals surface area contributed by atoms with Gasteiger partial charge in [-0.1, -0.05) is 0 Å². The van der Waals surface area contributed by atoms with Gasteiger partial charge in [0, 0.05) is 26.2 Å². The molecule has 2 rings (SSSR count). The zero-order chi connectivity index (χ0) is 10.7. The second kappa shape index (κ2) is 4.94. The molecule has 86 valence electrons. The van der Waals surface area contributed by atoms with Crippen LogP contribution in [-0.2, 0) is 9.53 Å². The van der Waals surface area contributed by atoms with Crippen LogP contribution in [0.1, 0.15) is 25.7 Å². The maximum absolute atomic E-state index is 12.1. The van der Waals surface area contributed by atoms with Crippen LogP contribution in [0.2, 0.25) is 0 Å². The third-order valence-corrected chi connectivity index (χ3v) is 3.38. The van der Waals surface area contributed by atoms with Gasteiger partial charge in [-0.3, -0.25) is 4.79 Å². The van der Waals surface area contributed by atoms with Gasteiger partial charge in [0.15, 0.2) is 0 Å². The standard InChI is InChI=1S/C11H20N2O2/c1-13(9-5-6-12-8-9)11(14)10-4-2-3-7-15-10/h9-10,12H,2-8H2,1H3. The Morgan fingerprint density at radius 2 is 2.27 bits per heavy atom. The summed E-state index contributed by atoms with van der Waals surface area (Å²) in [7, 11) is 1.90. The lowest BCUT2D eigenvalue weighted by Crippen LogP contribution is -2.45. The van der Waals surface area contributed by atoms with Crippen LogP contribution in [0.25, 0.3) is 0 Å². The summed E-state index contributed by atoms with van der Waals surface area (Å²) in [4.78, 5) is 13.9. The van der Waals surface area contributed by atoms with Crippen LogP contribution in [0.3, 0.4) is 0 Å². The van der Waals surface area contributed by atoms with Crippen molar-refractivity contribution >= 4 is 5.91 Å². The zero-order valence-electron chi connectivity index (χ0n) is 9.37. The summed E-state index contributed by atoms with van der Waals surface area (Å²) in [6.07, 6.45) is 3.99. The Labute approximate surface area is 91.0 Å². The first-order chi connectivity index (χ1) is 7.29. The Bertz CT molecular complexity index is 221. The maximum atomic E-state index is 12.1. The summed E-state index contributed by atoms with van der Waals surface area (Å²) >= 11 is 0. The summed E-state index contributed by atoms with van der Waals surface area (Å²) in [6, 6.07) is 0.364. The molecule has 2 aliphatic heterocycles. The molecule has 1 amide bonds. The minimum atomic E-state index is -0.177. The van der Waals surface area contributed by atoms with Gasteiger partial charge in [0.05, 0.1) is 0 Å². The summed E-state index contributed by atoms with van der Waals surface area (Å²) < 4.78 is 5.51. The first-order valence-electron chi connectivity index (χ1n) is 5.88. The van der Waals surface area contributed by atoms with Crippen molar-refractivity contribution in [2.45, 2.75) is 37.8 Å². The van der Waals surface area contributed by atoms with Crippen molar-refractivity contribution in [2.24, 2.45) is 0 Å². The molecular formula is C11H20N2O2. The fourth-order valence-electron chi connectivity index (χ4n) is 2.31. The highest BCUT2D eigenvalue weighted by Crippen LogP contribution is 2.17. The molecule has 0 aliphatic carbocycles. The molecule has 0 bridgehead atoms. The van der Waals surface area contributed by atoms with Crippen LogP contribution in [-0.4, -0.2) is 49.7 Å². The van der Waals surface area contributed by atoms with Crippen LogP contribution in [0, 0.1) is 0 Å². The van der Waals surface area contributed by atoms with E-state index in [1.54, 1.807) is 0 Å². The number of nitrogens with one attached hydrogen (secondary N) is 1. The number of carbonyl (C=O) groups excluding carboxylic acids is 1. The molecule has 2 heterocycles. The fourth-order valence-corrected chi connectivity index (χ4v) is 2.31. The summed E-state index contributed by atoms with van der Waals surface area (Å²) in [5, 5.41) is 3.28. The Kier molecular flexibility index (Phi) is 3.59. The fraction of sp³-hybridized carbons (Fsp3) is 0.909. The third-order valence-electron chi connectivity index (χ3n) is 3.38. The predicted octanol–water partition coefficient (Wildman–Crippen LogP) is 0.376. The first kappa shape index (κ1) is 10.9. The Morgan fingerprint density at radius 3 is 2.87 bits per heavy atom. The minimum Gasteiger partial charge on any atom is -0.368 e. The van der Waals surface area contributed by atoms with E-state index in [9.17, 15) is 4.79 Å². The van der Waals surface area contributed by atoms with Gasteiger partial charge in [-0.15, -0.1) is 0 Å². The van der Waals surface area contributed by atoms with Gasteiger partial charge >= 0.3 is 0 Å². The van der Waals surface area contributed by atoms with Crippen molar-refractivity contribution in [3.05, 3.63) is 0 Å². The second-order valence-corrected chi connectivity index (χ2v) is 4.45. The molecule has 0 aromatic rings. The van der Waals surface area contributed by atoms with Crippen LogP contribution in [0.5, 0.6) is 0 Å². The number of hydrogen-bond acceptors (Lipinski definition) is 3. The Morgan fingerprint density at radius 1 is 1.40 bits per heavy atom. The third kappa shape index (κ3) is 2.49. The molecule has 1 N–H and O–H groups in total. The summed E-state index contributed by atoms with van der Waals surface area (Å²) in [5.74, 6) is 0.170. The van der Waals surface area contributed by atoms with E-state index >= 15 is 0 Å². The summed E-state index contributed by atoms with van der Waals surface area (Å²) in [6.45, 7) is 2.69. The average Bonchev–Trinajstić information content (AvgIpc) is 2.82. The topological polar surface area (TPSA) is 41.6 Å². The lowest BCUT2D eigenvalue weighted by Gasteiger charge is -2.30. The minimum absolute atomic E-state index is 0.170. The van der Waals surface area contributed by atoms with Gasteiger partial charge in [-0.2, -0.15) is 0 Å². The molecular weight excluding hydrogens is 192 g/mol. The average molecular weight is 212 g/mol. The maximum Gasteiger partial charge on any atom is 0.251 e. The Hall–Kier alpha value is -0.610. The van der Waals surface area contributed by atoms with E-state index in [-0.39, 0.29) is 12.0 Å². The highest BCUT2D eigenvalue weighted by Gasteiger charge is 2.30. The van der Waals surface area contributed by atoms with E-state index < -0.39 is 0 Å². The van der Waals surface area contributed by atoms with Crippen molar-refractivity contribution < 1.29 is 9.53 Å². The number of amides is 1. The number of carbonyl (C=O) groups is 1. The number of nitrogens with zero attached hydrogens (tertiary/aromatic N) is 1. The molecule has 4 heteroatoms. The normalized spacial score (nSPS) is 31.5. The quantitative estimate of drug-likeness (QED) is 0.719. The molecule has 15 heavy (non-hydrogen) atoms. The number of likely N-dealkylation sites (N-methyl/N-ethyl adjacent to an activating group) is 1. The molecule has 2 fully saturated rings. The molecule has 2 saturated heterocycles. The van der Waals surface area contributed by atoms with Crippen LogP contribution < -0.4 is 5.32 Å². The van der Waals surface area contributed by atoms with E-state index in [0.717, 1.165) is 45.4 Å². The molecule has 2 unspecified atom stereocenters.